The number of carbonyl (C=O) groups is 1. The maximum absolute atomic E-state index is 11.8. The minimum atomic E-state index is -2.01. The zero-order valence-electron chi connectivity index (χ0n) is 13.9. The van der Waals surface area contributed by atoms with E-state index in [2.05, 4.69) is 25.3 Å². The molecule has 0 aromatic heterocycles. The standard InChI is InChI=1S/C15H31NO4Si/c1-5-7-11-21(3,4)20-15(18,12-14(17)19-6-2)13-9-8-10-16-13/h13,16,18H,5-12H2,1-4H3. The van der Waals surface area contributed by atoms with Gasteiger partial charge in [0.15, 0.2) is 14.1 Å². The number of rotatable bonds is 9. The average Bonchev–Trinajstić information content (AvgIpc) is 2.90. The van der Waals surface area contributed by atoms with Gasteiger partial charge in [-0.1, -0.05) is 19.8 Å². The summed E-state index contributed by atoms with van der Waals surface area (Å²) in [5.41, 5.74) is 0. The van der Waals surface area contributed by atoms with Crippen molar-refractivity contribution in [3.8, 4) is 0 Å². The van der Waals surface area contributed by atoms with Crippen LogP contribution in [0.2, 0.25) is 19.1 Å². The Morgan fingerprint density at radius 3 is 2.67 bits per heavy atom. The fourth-order valence-electron chi connectivity index (χ4n) is 2.85. The summed E-state index contributed by atoms with van der Waals surface area (Å²) in [7, 11) is -2.01. The molecule has 0 amide bonds. The third kappa shape index (κ3) is 6.06. The Morgan fingerprint density at radius 1 is 1.43 bits per heavy atom. The van der Waals surface area contributed by atoms with Gasteiger partial charge in [-0.05, 0) is 45.4 Å². The van der Waals surface area contributed by atoms with E-state index in [9.17, 15) is 9.90 Å². The van der Waals surface area contributed by atoms with E-state index in [-0.39, 0.29) is 12.5 Å². The van der Waals surface area contributed by atoms with Gasteiger partial charge in [0, 0.05) is 0 Å². The number of unbranched alkanes of at least 4 members (excludes halogenated alkanes) is 1. The largest absolute Gasteiger partial charge is 0.466 e. The first-order valence-corrected chi connectivity index (χ1v) is 11.3. The van der Waals surface area contributed by atoms with E-state index < -0.39 is 20.1 Å². The summed E-state index contributed by atoms with van der Waals surface area (Å²) in [6.07, 6.45) is 3.93. The molecule has 6 heteroatoms. The summed E-state index contributed by atoms with van der Waals surface area (Å²) in [5, 5.41) is 14.3. The molecule has 1 rings (SSSR count). The summed E-state index contributed by atoms with van der Waals surface area (Å²) in [5.74, 6) is -1.83. The van der Waals surface area contributed by atoms with Crippen LogP contribution in [0.25, 0.3) is 0 Å². The summed E-state index contributed by atoms with van der Waals surface area (Å²) >= 11 is 0. The minimum Gasteiger partial charge on any atom is -0.466 e. The fraction of sp³-hybridized carbons (Fsp3) is 0.933. The van der Waals surface area contributed by atoms with Crippen LogP contribution in [-0.2, 0) is 14.0 Å². The van der Waals surface area contributed by atoms with Crippen LogP contribution in [-0.4, -0.2) is 44.4 Å². The molecule has 1 saturated heterocycles. The number of hydrogen-bond donors (Lipinski definition) is 2. The molecule has 21 heavy (non-hydrogen) atoms. The molecule has 2 atom stereocenters. The van der Waals surface area contributed by atoms with Gasteiger partial charge in [0.1, 0.15) is 6.42 Å². The van der Waals surface area contributed by atoms with Gasteiger partial charge in [-0.2, -0.15) is 0 Å². The average molecular weight is 318 g/mol. The van der Waals surface area contributed by atoms with Gasteiger partial charge in [-0.3, -0.25) is 4.79 Å². The summed E-state index contributed by atoms with van der Waals surface area (Å²) < 4.78 is 11.2. The maximum atomic E-state index is 11.8. The van der Waals surface area contributed by atoms with Crippen LogP contribution in [0.1, 0.15) is 46.0 Å². The molecule has 1 fully saturated rings. The van der Waals surface area contributed by atoms with Crippen molar-refractivity contribution in [3.63, 3.8) is 0 Å². The van der Waals surface area contributed by atoms with Gasteiger partial charge in [0.25, 0.3) is 0 Å². The van der Waals surface area contributed by atoms with E-state index in [1.807, 2.05) is 0 Å². The van der Waals surface area contributed by atoms with Crippen molar-refractivity contribution in [2.75, 3.05) is 13.2 Å². The first-order chi connectivity index (χ1) is 9.83. The van der Waals surface area contributed by atoms with Crippen molar-refractivity contribution in [1.82, 2.24) is 5.32 Å². The second-order valence-electron chi connectivity index (χ2n) is 6.44. The number of esters is 1. The quantitative estimate of drug-likeness (QED) is 0.388. The molecule has 1 heterocycles. The van der Waals surface area contributed by atoms with E-state index in [1.165, 1.54) is 0 Å². The Morgan fingerprint density at radius 2 is 2.14 bits per heavy atom. The molecular formula is C15H31NO4Si. The van der Waals surface area contributed by atoms with Crippen molar-refractivity contribution >= 4 is 14.3 Å². The third-order valence-corrected chi connectivity index (χ3v) is 6.36. The normalized spacial score (nSPS) is 22.0. The Bertz CT molecular complexity index is 332. The van der Waals surface area contributed by atoms with Crippen LogP contribution in [0.15, 0.2) is 0 Å². The highest BCUT2D eigenvalue weighted by molar-refractivity contribution is 6.71. The van der Waals surface area contributed by atoms with E-state index >= 15 is 0 Å². The molecule has 0 radical (unpaired) electrons. The Labute approximate surface area is 129 Å². The number of carbonyl (C=O) groups excluding carboxylic acids is 1. The molecule has 0 aromatic carbocycles. The van der Waals surface area contributed by atoms with Crippen LogP contribution in [0.3, 0.4) is 0 Å². The van der Waals surface area contributed by atoms with Crippen LogP contribution in [0.5, 0.6) is 0 Å². The highest BCUT2D eigenvalue weighted by Gasteiger charge is 2.45. The van der Waals surface area contributed by atoms with E-state index in [4.69, 9.17) is 9.16 Å². The summed E-state index contributed by atoms with van der Waals surface area (Å²) in [6.45, 7) is 9.31. The van der Waals surface area contributed by atoms with E-state index in [1.54, 1.807) is 6.92 Å². The molecule has 0 aromatic rings. The van der Waals surface area contributed by atoms with Gasteiger partial charge in [-0.25, -0.2) is 0 Å². The SMILES string of the molecule is CCCC[Si](C)(C)OC(O)(CC(=O)OCC)C1CCCN1. The molecule has 0 bridgehead atoms. The highest BCUT2D eigenvalue weighted by Crippen LogP contribution is 2.30. The molecule has 2 N–H and O–H groups in total. The zero-order chi connectivity index (χ0) is 15.9. The highest BCUT2D eigenvalue weighted by atomic mass is 28.4. The Balaban J connectivity index is 2.77. The minimum absolute atomic E-state index is 0.0962. The van der Waals surface area contributed by atoms with Crippen molar-refractivity contribution in [3.05, 3.63) is 0 Å². The predicted octanol–water partition coefficient (Wildman–Crippen LogP) is 2.40. The number of hydrogen-bond acceptors (Lipinski definition) is 5. The summed E-state index contributed by atoms with van der Waals surface area (Å²) in [6, 6.07) is 0.803. The molecule has 1 aliphatic rings. The first-order valence-electron chi connectivity index (χ1n) is 8.14. The lowest BCUT2D eigenvalue weighted by Gasteiger charge is -2.39. The molecule has 0 saturated carbocycles. The molecule has 5 nitrogen and oxygen atoms in total. The second kappa shape index (κ2) is 8.27. The molecule has 0 spiro atoms. The Kier molecular flexibility index (Phi) is 7.33. The van der Waals surface area contributed by atoms with Gasteiger partial charge >= 0.3 is 5.97 Å². The van der Waals surface area contributed by atoms with Crippen molar-refractivity contribution in [2.24, 2.45) is 0 Å². The smallest absolute Gasteiger partial charge is 0.311 e. The number of nitrogens with one attached hydrogen (secondary N) is 1. The van der Waals surface area contributed by atoms with Crippen LogP contribution < -0.4 is 5.32 Å². The predicted molar refractivity (Wildman–Crippen MR) is 85.5 cm³/mol. The van der Waals surface area contributed by atoms with Crippen molar-refractivity contribution in [2.45, 2.75) is 76.9 Å². The topological polar surface area (TPSA) is 67.8 Å². The van der Waals surface area contributed by atoms with Gasteiger partial charge in [-0.15, -0.1) is 0 Å². The lowest BCUT2D eigenvalue weighted by molar-refractivity contribution is -0.187. The second-order valence-corrected chi connectivity index (χ2v) is 10.7. The lowest BCUT2D eigenvalue weighted by Crippen LogP contribution is -2.56. The molecule has 2 unspecified atom stereocenters. The molecular weight excluding hydrogens is 286 g/mol. The van der Waals surface area contributed by atoms with E-state index in [0.717, 1.165) is 38.3 Å². The maximum Gasteiger partial charge on any atom is 0.311 e. The van der Waals surface area contributed by atoms with Crippen LogP contribution in [0.4, 0.5) is 0 Å². The zero-order valence-corrected chi connectivity index (χ0v) is 14.9. The third-order valence-electron chi connectivity index (χ3n) is 3.89. The van der Waals surface area contributed by atoms with Gasteiger partial charge in [0.2, 0.25) is 0 Å². The number of ether oxygens (including phenoxy) is 1. The number of aliphatic hydroxyl groups is 1. The van der Waals surface area contributed by atoms with Crippen LogP contribution in [0, 0.1) is 0 Å². The van der Waals surface area contributed by atoms with Crippen molar-refractivity contribution in [1.29, 1.82) is 0 Å². The lowest BCUT2D eigenvalue weighted by atomic mass is 10.0. The fourth-order valence-corrected chi connectivity index (χ4v) is 5.33. The first kappa shape index (κ1) is 18.6. The van der Waals surface area contributed by atoms with Gasteiger partial charge < -0.3 is 19.6 Å². The Hall–Kier alpha value is -0.433. The van der Waals surface area contributed by atoms with Crippen molar-refractivity contribution < 1.29 is 19.1 Å². The van der Waals surface area contributed by atoms with E-state index in [0.29, 0.717) is 6.61 Å². The summed E-state index contributed by atoms with van der Waals surface area (Å²) in [4.78, 5) is 11.8. The van der Waals surface area contributed by atoms with Crippen LogP contribution >= 0.6 is 0 Å². The monoisotopic (exact) mass is 317 g/mol. The molecule has 1 aliphatic heterocycles. The molecule has 124 valence electrons. The van der Waals surface area contributed by atoms with Gasteiger partial charge in [0.05, 0.1) is 12.6 Å². The molecule has 0 aliphatic carbocycles.